The molecule has 1 N–H and O–H groups in total. The zero-order valence-electron chi connectivity index (χ0n) is 25.0. The molecule has 0 radical (unpaired) electrons. The normalized spacial score (nSPS) is 22.9. The summed E-state index contributed by atoms with van der Waals surface area (Å²) in [4.78, 5) is 46.7. The average Bonchev–Trinajstić information content (AvgIpc) is 3.52. The number of allylic oxidation sites excluding steroid dienone is 1. The highest BCUT2D eigenvalue weighted by molar-refractivity contribution is 6.19. The van der Waals surface area contributed by atoms with Gasteiger partial charge in [0.1, 0.15) is 23.0 Å². The maximum Gasteiger partial charge on any atom is 0.238 e. The quantitative estimate of drug-likeness (QED) is 0.270. The Morgan fingerprint density at radius 2 is 1.59 bits per heavy atom. The van der Waals surface area contributed by atoms with Crippen molar-refractivity contribution in [3.05, 3.63) is 125 Å². The Kier molecular flexibility index (Phi) is 6.43. The fourth-order valence-corrected chi connectivity index (χ4v) is 7.49. The van der Waals surface area contributed by atoms with E-state index in [2.05, 4.69) is 17.5 Å². The molecule has 3 aliphatic heterocycles. The molecule has 44 heavy (non-hydrogen) atoms. The first-order valence-corrected chi connectivity index (χ1v) is 14.7. The molecule has 4 unspecified atom stereocenters. The van der Waals surface area contributed by atoms with Crippen LogP contribution in [0.3, 0.4) is 0 Å². The number of Topliss-reactive ketones (excluding diaryl/α,β-unsaturated/α-hetero) is 2. The topological polar surface area (TPSA) is 84.9 Å². The first-order valence-electron chi connectivity index (χ1n) is 14.7. The largest absolute Gasteiger partial charge is 0.497 e. The highest BCUT2D eigenvalue weighted by atomic mass is 16.5. The molecule has 0 aliphatic carbocycles. The van der Waals surface area contributed by atoms with Crippen LogP contribution >= 0.6 is 0 Å². The average molecular weight is 585 g/mol. The van der Waals surface area contributed by atoms with E-state index < -0.39 is 23.4 Å². The summed E-state index contributed by atoms with van der Waals surface area (Å²) in [7, 11) is 3.03. The molecule has 1 saturated heterocycles. The summed E-state index contributed by atoms with van der Waals surface area (Å²) in [5.41, 5.74) is 4.50. The fraction of sp³-hybridized carbons (Fsp3) is 0.216. The molecule has 7 nitrogen and oxygen atoms in total. The van der Waals surface area contributed by atoms with Gasteiger partial charge in [0.15, 0.2) is 11.6 Å². The van der Waals surface area contributed by atoms with E-state index in [9.17, 15) is 9.59 Å². The van der Waals surface area contributed by atoms with E-state index in [4.69, 9.17) is 9.47 Å². The van der Waals surface area contributed by atoms with Crippen LogP contribution in [-0.4, -0.2) is 43.8 Å². The minimum atomic E-state index is -1.42. The van der Waals surface area contributed by atoms with E-state index in [0.29, 0.717) is 28.3 Å². The molecule has 220 valence electrons. The SMILES string of the molecule is COc1ccc(OC)c(C(=O)C2C(C(=O)c3ccccc3)N3c4ccc(C)cc4C(C)=CC3C23C(=O)Nc2ccccc23)c1. The monoisotopic (exact) mass is 584 g/mol. The summed E-state index contributed by atoms with van der Waals surface area (Å²) in [5, 5.41) is 3.08. The van der Waals surface area contributed by atoms with Gasteiger partial charge in [-0.3, -0.25) is 14.4 Å². The number of nitrogens with zero attached hydrogens (tertiary/aromatic N) is 1. The maximum atomic E-state index is 15.2. The Labute approximate surface area is 256 Å². The molecule has 3 heterocycles. The predicted molar refractivity (Wildman–Crippen MR) is 170 cm³/mol. The second-order valence-corrected chi connectivity index (χ2v) is 11.7. The van der Waals surface area contributed by atoms with Gasteiger partial charge in [0.05, 0.1) is 31.7 Å². The molecule has 3 aliphatic rings. The Morgan fingerprint density at radius 1 is 0.841 bits per heavy atom. The van der Waals surface area contributed by atoms with Gasteiger partial charge in [0.2, 0.25) is 5.91 Å². The third-order valence-corrected chi connectivity index (χ3v) is 9.41. The zero-order valence-corrected chi connectivity index (χ0v) is 25.0. The Morgan fingerprint density at radius 3 is 2.34 bits per heavy atom. The van der Waals surface area contributed by atoms with E-state index in [0.717, 1.165) is 22.4 Å². The predicted octanol–water partition coefficient (Wildman–Crippen LogP) is 6.26. The van der Waals surface area contributed by atoms with E-state index >= 15 is 4.79 Å². The van der Waals surface area contributed by atoms with Crippen molar-refractivity contribution >= 4 is 34.4 Å². The number of fused-ring (bicyclic) bond motifs is 6. The van der Waals surface area contributed by atoms with Crippen molar-refractivity contribution in [2.45, 2.75) is 31.3 Å². The summed E-state index contributed by atoms with van der Waals surface area (Å²) in [6.45, 7) is 4.05. The van der Waals surface area contributed by atoms with Gasteiger partial charge >= 0.3 is 0 Å². The van der Waals surface area contributed by atoms with Crippen LogP contribution in [0.1, 0.15) is 44.3 Å². The highest BCUT2D eigenvalue weighted by Crippen LogP contribution is 2.59. The molecule has 0 saturated carbocycles. The van der Waals surface area contributed by atoms with Crippen LogP contribution in [0.25, 0.3) is 5.57 Å². The Bertz CT molecular complexity index is 1880. The van der Waals surface area contributed by atoms with Crippen LogP contribution in [0.4, 0.5) is 11.4 Å². The van der Waals surface area contributed by atoms with Crippen LogP contribution in [-0.2, 0) is 10.2 Å². The molecule has 7 heteroatoms. The highest BCUT2D eigenvalue weighted by Gasteiger charge is 2.70. The Hall–Kier alpha value is -5.17. The number of para-hydroxylation sites is 1. The first kappa shape index (κ1) is 27.7. The molecule has 0 aromatic heterocycles. The van der Waals surface area contributed by atoms with Gasteiger partial charge in [-0.1, -0.05) is 66.2 Å². The molecule has 7 rings (SSSR count). The Balaban J connectivity index is 1.57. The van der Waals surface area contributed by atoms with Crippen LogP contribution < -0.4 is 19.7 Å². The van der Waals surface area contributed by atoms with Gasteiger partial charge in [-0.25, -0.2) is 0 Å². The van der Waals surface area contributed by atoms with Crippen LogP contribution in [0.2, 0.25) is 0 Å². The zero-order chi connectivity index (χ0) is 30.7. The number of carbonyl (C=O) groups is 3. The number of anilines is 2. The number of ketones is 2. The van der Waals surface area contributed by atoms with Gasteiger partial charge in [0.25, 0.3) is 0 Å². The van der Waals surface area contributed by atoms with Crippen LogP contribution in [0, 0.1) is 12.8 Å². The maximum absolute atomic E-state index is 15.2. The molecule has 4 atom stereocenters. The van der Waals surface area contributed by atoms with Crippen molar-refractivity contribution in [1.29, 1.82) is 0 Å². The van der Waals surface area contributed by atoms with E-state index in [1.807, 2.05) is 73.3 Å². The summed E-state index contributed by atoms with van der Waals surface area (Å²) in [6, 6.07) is 26.0. The minimum absolute atomic E-state index is 0.232. The summed E-state index contributed by atoms with van der Waals surface area (Å²) in [6.07, 6.45) is 2.06. The number of aryl methyl sites for hydroxylation is 1. The number of ether oxygens (including phenoxy) is 2. The summed E-state index contributed by atoms with van der Waals surface area (Å²) in [5.74, 6) is -1.20. The lowest BCUT2D eigenvalue weighted by Gasteiger charge is -2.39. The van der Waals surface area contributed by atoms with Crippen molar-refractivity contribution < 1.29 is 23.9 Å². The standard InChI is InChI=1S/C37H32N2O5/c1-21-14-16-29-25(18-21)22(2)19-31-37(27-12-8-9-13-28(27)38-36(37)42)32(33(39(29)31)34(40)23-10-6-5-7-11-23)35(41)26-20-24(43-3)15-17-30(26)44-4/h5-20,31-33H,1-4H3,(H,38,42). The fourth-order valence-electron chi connectivity index (χ4n) is 7.49. The van der Waals surface area contributed by atoms with Gasteiger partial charge in [0, 0.05) is 22.5 Å². The molecular weight excluding hydrogens is 552 g/mol. The van der Waals surface area contributed by atoms with Crippen molar-refractivity contribution in [3.63, 3.8) is 0 Å². The van der Waals surface area contributed by atoms with Gasteiger partial charge in [-0.15, -0.1) is 0 Å². The number of carbonyl (C=O) groups excluding carboxylic acids is 3. The number of amides is 1. The number of benzene rings is 4. The van der Waals surface area contributed by atoms with Crippen molar-refractivity contribution in [2.75, 3.05) is 24.4 Å². The molecular formula is C37H32N2O5. The van der Waals surface area contributed by atoms with Gasteiger partial charge in [-0.05, 0) is 61.4 Å². The lowest BCUT2D eigenvalue weighted by atomic mass is 9.63. The third kappa shape index (κ3) is 3.78. The lowest BCUT2D eigenvalue weighted by molar-refractivity contribution is -0.121. The molecule has 1 spiro atoms. The van der Waals surface area contributed by atoms with E-state index in [1.54, 1.807) is 30.3 Å². The number of methoxy groups -OCH3 is 2. The van der Waals surface area contributed by atoms with Crippen LogP contribution in [0.15, 0.2) is 97.1 Å². The molecule has 1 amide bonds. The van der Waals surface area contributed by atoms with Crippen LogP contribution in [0.5, 0.6) is 11.5 Å². The van der Waals surface area contributed by atoms with Crippen molar-refractivity contribution in [2.24, 2.45) is 5.92 Å². The second kappa shape index (κ2) is 10.2. The van der Waals surface area contributed by atoms with Gasteiger partial charge in [-0.2, -0.15) is 0 Å². The number of hydrogen-bond donors (Lipinski definition) is 1. The lowest BCUT2D eigenvalue weighted by Crippen LogP contribution is -2.51. The smallest absolute Gasteiger partial charge is 0.238 e. The van der Waals surface area contributed by atoms with E-state index in [1.165, 1.54) is 14.2 Å². The summed E-state index contributed by atoms with van der Waals surface area (Å²) < 4.78 is 11.2. The molecule has 0 bridgehead atoms. The molecule has 4 aromatic rings. The van der Waals surface area contributed by atoms with Crippen molar-refractivity contribution in [3.8, 4) is 11.5 Å². The number of nitrogens with one attached hydrogen (secondary N) is 1. The number of hydrogen-bond acceptors (Lipinski definition) is 6. The van der Waals surface area contributed by atoms with Crippen molar-refractivity contribution in [1.82, 2.24) is 0 Å². The molecule has 1 fully saturated rings. The van der Waals surface area contributed by atoms with E-state index in [-0.39, 0.29) is 23.0 Å². The third-order valence-electron chi connectivity index (χ3n) is 9.41. The molecule has 4 aromatic carbocycles. The minimum Gasteiger partial charge on any atom is -0.497 e. The summed E-state index contributed by atoms with van der Waals surface area (Å²) >= 11 is 0. The number of rotatable bonds is 6. The first-order chi connectivity index (χ1) is 21.3. The second-order valence-electron chi connectivity index (χ2n) is 11.7. The van der Waals surface area contributed by atoms with Gasteiger partial charge < -0.3 is 19.7 Å².